The number of aliphatic carboxylic acids is 1. The van der Waals surface area contributed by atoms with Crippen molar-refractivity contribution in [2.45, 2.75) is 25.8 Å². The van der Waals surface area contributed by atoms with Crippen molar-refractivity contribution in [3.8, 4) is 0 Å². The van der Waals surface area contributed by atoms with Crippen molar-refractivity contribution in [3.63, 3.8) is 0 Å². The quantitative estimate of drug-likeness (QED) is 0.590. The lowest BCUT2D eigenvalue weighted by Crippen LogP contribution is -2.29. The molecule has 0 aromatic carbocycles. The Labute approximate surface area is 60.4 Å². The van der Waals surface area contributed by atoms with Gasteiger partial charge in [-0.1, -0.05) is 13.3 Å². The standard InChI is InChI=1S/C7H13NO2/c1-2-5-3-6(7(9)10)8-4-5/h5-6,8H,2-4H2,1H3,(H,9,10)/t5-,6-/m0/s1. The maximum atomic E-state index is 10.4. The van der Waals surface area contributed by atoms with Crippen molar-refractivity contribution >= 4 is 5.97 Å². The summed E-state index contributed by atoms with van der Waals surface area (Å²) < 4.78 is 0. The van der Waals surface area contributed by atoms with E-state index >= 15 is 0 Å². The highest BCUT2D eigenvalue weighted by Crippen LogP contribution is 2.16. The molecule has 1 aliphatic heterocycles. The van der Waals surface area contributed by atoms with Gasteiger partial charge in [0, 0.05) is 0 Å². The van der Waals surface area contributed by atoms with E-state index in [2.05, 4.69) is 12.2 Å². The molecule has 2 N–H and O–H groups in total. The summed E-state index contributed by atoms with van der Waals surface area (Å²) >= 11 is 0. The van der Waals surface area contributed by atoms with Gasteiger partial charge in [-0.2, -0.15) is 0 Å². The second-order valence-corrected chi connectivity index (χ2v) is 2.81. The molecule has 3 heteroatoms. The molecule has 0 amide bonds. The van der Waals surface area contributed by atoms with E-state index in [1.165, 1.54) is 0 Å². The van der Waals surface area contributed by atoms with Crippen LogP contribution in [0.2, 0.25) is 0 Å². The Morgan fingerprint density at radius 2 is 2.50 bits per heavy atom. The fourth-order valence-corrected chi connectivity index (χ4v) is 1.31. The van der Waals surface area contributed by atoms with Crippen LogP contribution in [0.1, 0.15) is 19.8 Å². The van der Waals surface area contributed by atoms with Gasteiger partial charge in [0.15, 0.2) is 0 Å². The van der Waals surface area contributed by atoms with E-state index < -0.39 is 5.97 Å². The molecule has 1 aliphatic rings. The zero-order valence-electron chi connectivity index (χ0n) is 6.13. The normalized spacial score (nSPS) is 32.5. The molecule has 0 aromatic heterocycles. The number of nitrogens with one attached hydrogen (secondary N) is 1. The molecule has 0 bridgehead atoms. The Morgan fingerprint density at radius 1 is 1.80 bits per heavy atom. The van der Waals surface area contributed by atoms with E-state index in [4.69, 9.17) is 5.11 Å². The van der Waals surface area contributed by atoms with Crippen molar-refractivity contribution in [1.82, 2.24) is 5.32 Å². The monoisotopic (exact) mass is 143 g/mol. The van der Waals surface area contributed by atoms with Gasteiger partial charge in [-0.05, 0) is 18.9 Å². The van der Waals surface area contributed by atoms with E-state index in [9.17, 15) is 4.79 Å². The van der Waals surface area contributed by atoms with Gasteiger partial charge in [0.1, 0.15) is 6.04 Å². The molecule has 3 nitrogen and oxygen atoms in total. The third-order valence-electron chi connectivity index (χ3n) is 2.10. The Balaban J connectivity index is 2.35. The average molecular weight is 143 g/mol. The number of carboxylic acid groups (broad SMARTS) is 1. The van der Waals surface area contributed by atoms with Gasteiger partial charge >= 0.3 is 5.97 Å². The smallest absolute Gasteiger partial charge is 0.320 e. The zero-order valence-corrected chi connectivity index (χ0v) is 6.13. The fraction of sp³-hybridized carbons (Fsp3) is 0.857. The van der Waals surface area contributed by atoms with Crippen LogP contribution in [0.15, 0.2) is 0 Å². The third kappa shape index (κ3) is 1.48. The van der Waals surface area contributed by atoms with Gasteiger partial charge in [-0.25, -0.2) is 0 Å². The zero-order chi connectivity index (χ0) is 7.56. The first-order valence-corrected chi connectivity index (χ1v) is 3.70. The van der Waals surface area contributed by atoms with E-state index in [0.717, 1.165) is 19.4 Å². The van der Waals surface area contributed by atoms with Crippen molar-refractivity contribution in [1.29, 1.82) is 0 Å². The Bertz CT molecular complexity index is 136. The van der Waals surface area contributed by atoms with E-state index in [1.807, 2.05) is 0 Å². The lowest BCUT2D eigenvalue weighted by Gasteiger charge is -2.02. The van der Waals surface area contributed by atoms with Gasteiger partial charge in [0.2, 0.25) is 0 Å². The lowest BCUT2D eigenvalue weighted by atomic mass is 10.0. The van der Waals surface area contributed by atoms with Gasteiger partial charge < -0.3 is 10.4 Å². The molecule has 1 fully saturated rings. The molecule has 58 valence electrons. The van der Waals surface area contributed by atoms with Gasteiger partial charge in [-0.15, -0.1) is 0 Å². The largest absolute Gasteiger partial charge is 0.480 e. The summed E-state index contributed by atoms with van der Waals surface area (Å²) in [5.41, 5.74) is 0. The highest BCUT2D eigenvalue weighted by molar-refractivity contribution is 5.73. The van der Waals surface area contributed by atoms with Gasteiger partial charge in [-0.3, -0.25) is 4.79 Å². The van der Waals surface area contributed by atoms with Crippen LogP contribution in [0.25, 0.3) is 0 Å². The highest BCUT2D eigenvalue weighted by Gasteiger charge is 2.27. The predicted octanol–water partition coefficient (Wildman–Crippen LogP) is 0.459. The molecule has 10 heavy (non-hydrogen) atoms. The molecule has 1 rings (SSSR count). The molecule has 0 unspecified atom stereocenters. The summed E-state index contributed by atoms with van der Waals surface area (Å²) in [5, 5.41) is 11.5. The van der Waals surface area contributed by atoms with Crippen LogP contribution >= 0.6 is 0 Å². The summed E-state index contributed by atoms with van der Waals surface area (Å²) in [5.74, 6) is -0.142. The number of hydrogen-bond acceptors (Lipinski definition) is 2. The number of carbonyl (C=O) groups is 1. The topological polar surface area (TPSA) is 49.3 Å². The van der Waals surface area contributed by atoms with Crippen molar-refractivity contribution in [2.75, 3.05) is 6.54 Å². The van der Waals surface area contributed by atoms with E-state index in [1.54, 1.807) is 0 Å². The molecular weight excluding hydrogens is 130 g/mol. The van der Waals surface area contributed by atoms with Crippen molar-refractivity contribution in [2.24, 2.45) is 5.92 Å². The molecule has 0 spiro atoms. The molecule has 0 radical (unpaired) electrons. The van der Waals surface area contributed by atoms with Crippen LogP contribution in [-0.2, 0) is 4.79 Å². The Hall–Kier alpha value is -0.570. The Morgan fingerprint density at radius 3 is 2.80 bits per heavy atom. The maximum absolute atomic E-state index is 10.4. The molecule has 1 saturated heterocycles. The van der Waals surface area contributed by atoms with Crippen LogP contribution in [-0.4, -0.2) is 23.7 Å². The first-order valence-electron chi connectivity index (χ1n) is 3.70. The lowest BCUT2D eigenvalue weighted by molar-refractivity contribution is -0.139. The molecule has 0 saturated carbocycles. The summed E-state index contributed by atoms with van der Waals surface area (Å²) in [7, 11) is 0. The van der Waals surface area contributed by atoms with Crippen LogP contribution in [0, 0.1) is 5.92 Å². The van der Waals surface area contributed by atoms with Gasteiger partial charge in [0.25, 0.3) is 0 Å². The van der Waals surface area contributed by atoms with Crippen LogP contribution in [0.3, 0.4) is 0 Å². The minimum Gasteiger partial charge on any atom is -0.480 e. The van der Waals surface area contributed by atoms with Crippen molar-refractivity contribution in [3.05, 3.63) is 0 Å². The minimum absolute atomic E-state index is 0.287. The second kappa shape index (κ2) is 3.01. The molecule has 1 heterocycles. The third-order valence-corrected chi connectivity index (χ3v) is 2.10. The number of carboxylic acids is 1. The number of rotatable bonds is 2. The summed E-state index contributed by atoms with van der Waals surface area (Å²) in [6.45, 7) is 2.96. The predicted molar refractivity (Wildman–Crippen MR) is 37.8 cm³/mol. The molecule has 2 atom stereocenters. The molecule has 0 aliphatic carbocycles. The second-order valence-electron chi connectivity index (χ2n) is 2.81. The Kier molecular flexibility index (Phi) is 2.27. The summed E-state index contributed by atoms with van der Waals surface area (Å²) in [4.78, 5) is 10.4. The summed E-state index contributed by atoms with van der Waals surface area (Å²) in [6.07, 6.45) is 1.88. The SMILES string of the molecule is CC[C@@H]1CN[C@H](C(=O)O)C1. The molecular formula is C7H13NO2. The first kappa shape index (κ1) is 7.54. The van der Waals surface area contributed by atoms with E-state index in [0.29, 0.717) is 5.92 Å². The van der Waals surface area contributed by atoms with Crippen LogP contribution in [0.5, 0.6) is 0 Å². The van der Waals surface area contributed by atoms with Crippen molar-refractivity contribution < 1.29 is 9.90 Å². The fourth-order valence-electron chi connectivity index (χ4n) is 1.31. The van der Waals surface area contributed by atoms with Crippen LogP contribution < -0.4 is 5.32 Å². The molecule has 0 aromatic rings. The van der Waals surface area contributed by atoms with E-state index in [-0.39, 0.29) is 6.04 Å². The first-order chi connectivity index (χ1) is 4.74. The minimum atomic E-state index is -0.712. The number of hydrogen-bond donors (Lipinski definition) is 2. The summed E-state index contributed by atoms with van der Waals surface area (Å²) in [6, 6.07) is -0.287. The van der Waals surface area contributed by atoms with Gasteiger partial charge in [0.05, 0.1) is 0 Å². The highest BCUT2D eigenvalue weighted by atomic mass is 16.4. The average Bonchev–Trinajstić information content (AvgIpc) is 2.34. The maximum Gasteiger partial charge on any atom is 0.320 e. The van der Waals surface area contributed by atoms with Crippen LogP contribution in [0.4, 0.5) is 0 Å².